The SMILES string of the molecule is C=C1CCN(c2ncnc3[nH]ccc23)CC1. The van der Waals surface area contributed by atoms with Gasteiger partial charge in [0.2, 0.25) is 0 Å². The van der Waals surface area contributed by atoms with Crippen molar-refractivity contribution in [2.75, 3.05) is 18.0 Å². The van der Waals surface area contributed by atoms with Gasteiger partial charge in [0.25, 0.3) is 0 Å². The normalized spacial score (nSPS) is 17.0. The van der Waals surface area contributed by atoms with Crippen LogP contribution in [0.4, 0.5) is 5.82 Å². The molecule has 3 rings (SSSR count). The van der Waals surface area contributed by atoms with Gasteiger partial charge >= 0.3 is 0 Å². The third-order valence-corrected chi connectivity index (χ3v) is 3.10. The number of hydrogen-bond acceptors (Lipinski definition) is 3. The maximum absolute atomic E-state index is 4.39. The lowest BCUT2D eigenvalue weighted by atomic mass is 10.1. The molecule has 4 nitrogen and oxygen atoms in total. The first kappa shape index (κ1) is 9.39. The zero-order valence-corrected chi connectivity index (χ0v) is 9.11. The number of nitrogens with one attached hydrogen (secondary N) is 1. The molecule has 0 unspecified atom stereocenters. The molecule has 0 amide bonds. The molecule has 0 bridgehead atoms. The van der Waals surface area contributed by atoms with Crippen LogP contribution in [-0.2, 0) is 0 Å². The van der Waals surface area contributed by atoms with Crippen molar-refractivity contribution in [3.8, 4) is 0 Å². The van der Waals surface area contributed by atoms with E-state index in [0.717, 1.165) is 42.8 Å². The molecule has 2 aromatic heterocycles. The summed E-state index contributed by atoms with van der Waals surface area (Å²) in [4.78, 5) is 14.0. The Morgan fingerprint density at radius 1 is 1.25 bits per heavy atom. The van der Waals surface area contributed by atoms with Crippen molar-refractivity contribution >= 4 is 16.9 Å². The average molecular weight is 214 g/mol. The molecule has 16 heavy (non-hydrogen) atoms. The number of piperidine rings is 1. The van der Waals surface area contributed by atoms with Gasteiger partial charge in [-0.15, -0.1) is 0 Å². The number of fused-ring (bicyclic) bond motifs is 1. The van der Waals surface area contributed by atoms with Crippen molar-refractivity contribution in [3.63, 3.8) is 0 Å². The first-order valence-corrected chi connectivity index (χ1v) is 5.54. The van der Waals surface area contributed by atoms with Crippen LogP contribution in [0.1, 0.15) is 12.8 Å². The largest absolute Gasteiger partial charge is 0.355 e. The molecular weight excluding hydrogens is 200 g/mol. The Labute approximate surface area is 94.0 Å². The minimum absolute atomic E-state index is 0.911. The van der Waals surface area contributed by atoms with Crippen molar-refractivity contribution in [3.05, 3.63) is 30.7 Å². The van der Waals surface area contributed by atoms with E-state index in [1.54, 1.807) is 6.33 Å². The zero-order valence-electron chi connectivity index (χ0n) is 9.11. The fourth-order valence-electron chi connectivity index (χ4n) is 2.15. The van der Waals surface area contributed by atoms with Crippen LogP contribution in [0.25, 0.3) is 11.0 Å². The summed E-state index contributed by atoms with van der Waals surface area (Å²) in [6.45, 7) is 6.05. The summed E-state index contributed by atoms with van der Waals surface area (Å²) < 4.78 is 0. The molecule has 0 aromatic carbocycles. The fraction of sp³-hybridized carbons (Fsp3) is 0.333. The Morgan fingerprint density at radius 2 is 2.06 bits per heavy atom. The molecule has 2 aromatic rings. The van der Waals surface area contributed by atoms with Gasteiger partial charge in [-0.1, -0.05) is 12.2 Å². The smallest absolute Gasteiger partial charge is 0.142 e. The van der Waals surface area contributed by atoms with Crippen LogP contribution in [0.5, 0.6) is 0 Å². The van der Waals surface area contributed by atoms with E-state index >= 15 is 0 Å². The number of hydrogen-bond donors (Lipinski definition) is 1. The first-order chi connectivity index (χ1) is 7.84. The van der Waals surface area contributed by atoms with Crippen molar-refractivity contribution in [1.29, 1.82) is 0 Å². The second kappa shape index (κ2) is 3.63. The van der Waals surface area contributed by atoms with Crippen molar-refractivity contribution in [1.82, 2.24) is 15.0 Å². The Hall–Kier alpha value is -1.84. The van der Waals surface area contributed by atoms with E-state index in [-0.39, 0.29) is 0 Å². The quantitative estimate of drug-likeness (QED) is 0.739. The molecule has 1 fully saturated rings. The van der Waals surface area contributed by atoms with Crippen LogP contribution < -0.4 is 4.90 Å². The summed E-state index contributed by atoms with van der Waals surface area (Å²) in [7, 11) is 0. The average Bonchev–Trinajstić information content (AvgIpc) is 2.78. The van der Waals surface area contributed by atoms with Crippen LogP contribution in [-0.4, -0.2) is 28.0 Å². The number of aromatic nitrogens is 3. The van der Waals surface area contributed by atoms with Gasteiger partial charge < -0.3 is 9.88 Å². The van der Waals surface area contributed by atoms with Gasteiger partial charge in [0.1, 0.15) is 17.8 Å². The fourth-order valence-corrected chi connectivity index (χ4v) is 2.15. The monoisotopic (exact) mass is 214 g/mol. The molecular formula is C12H14N4. The molecule has 4 heteroatoms. The van der Waals surface area contributed by atoms with Gasteiger partial charge in [-0.3, -0.25) is 0 Å². The van der Waals surface area contributed by atoms with Crippen molar-refractivity contribution < 1.29 is 0 Å². The number of H-pyrrole nitrogens is 1. The van der Waals surface area contributed by atoms with Gasteiger partial charge in [0.05, 0.1) is 5.39 Å². The molecule has 82 valence electrons. The van der Waals surface area contributed by atoms with E-state index in [2.05, 4.69) is 26.4 Å². The summed E-state index contributed by atoms with van der Waals surface area (Å²) in [5, 5.41) is 1.11. The molecule has 0 saturated carbocycles. The number of nitrogens with zero attached hydrogens (tertiary/aromatic N) is 3. The van der Waals surface area contributed by atoms with Crippen molar-refractivity contribution in [2.45, 2.75) is 12.8 Å². The summed E-state index contributed by atoms with van der Waals surface area (Å²) in [5.41, 5.74) is 2.25. The van der Waals surface area contributed by atoms with E-state index in [9.17, 15) is 0 Å². The summed E-state index contributed by atoms with van der Waals surface area (Å²) in [6, 6.07) is 2.04. The summed E-state index contributed by atoms with van der Waals surface area (Å²) in [6.07, 6.45) is 5.66. The molecule has 0 atom stereocenters. The van der Waals surface area contributed by atoms with Crippen molar-refractivity contribution in [2.24, 2.45) is 0 Å². The molecule has 0 radical (unpaired) electrons. The molecule has 1 aliphatic rings. The Bertz CT molecular complexity index is 519. The third-order valence-electron chi connectivity index (χ3n) is 3.10. The van der Waals surface area contributed by atoms with Crippen LogP contribution in [0, 0.1) is 0 Å². The zero-order chi connectivity index (χ0) is 11.0. The lowest BCUT2D eigenvalue weighted by Crippen LogP contribution is -2.31. The number of rotatable bonds is 1. The third kappa shape index (κ3) is 1.46. The maximum atomic E-state index is 4.39. The molecule has 1 saturated heterocycles. The predicted octanol–water partition coefficient (Wildman–Crippen LogP) is 2.11. The highest BCUT2D eigenvalue weighted by molar-refractivity contribution is 5.87. The highest BCUT2D eigenvalue weighted by Crippen LogP contribution is 2.25. The number of anilines is 1. The van der Waals surface area contributed by atoms with Crippen LogP contribution in [0.15, 0.2) is 30.7 Å². The Balaban J connectivity index is 1.99. The van der Waals surface area contributed by atoms with E-state index in [0.29, 0.717) is 0 Å². The Morgan fingerprint density at radius 3 is 2.88 bits per heavy atom. The van der Waals surface area contributed by atoms with E-state index in [1.165, 1.54) is 5.57 Å². The molecule has 0 spiro atoms. The van der Waals surface area contributed by atoms with E-state index in [4.69, 9.17) is 0 Å². The number of aromatic amines is 1. The molecule has 0 aliphatic carbocycles. The minimum atomic E-state index is 0.911. The minimum Gasteiger partial charge on any atom is -0.355 e. The van der Waals surface area contributed by atoms with Gasteiger partial charge in [0.15, 0.2) is 0 Å². The predicted molar refractivity (Wildman–Crippen MR) is 64.5 cm³/mol. The van der Waals surface area contributed by atoms with E-state index < -0.39 is 0 Å². The highest BCUT2D eigenvalue weighted by atomic mass is 15.2. The molecule has 1 N–H and O–H groups in total. The van der Waals surface area contributed by atoms with Crippen LogP contribution in [0.3, 0.4) is 0 Å². The van der Waals surface area contributed by atoms with Gasteiger partial charge in [-0.05, 0) is 18.9 Å². The lowest BCUT2D eigenvalue weighted by molar-refractivity contribution is 0.681. The highest BCUT2D eigenvalue weighted by Gasteiger charge is 2.16. The van der Waals surface area contributed by atoms with Crippen LogP contribution in [0.2, 0.25) is 0 Å². The lowest BCUT2D eigenvalue weighted by Gasteiger charge is -2.29. The topological polar surface area (TPSA) is 44.8 Å². The second-order valence-corrected chi connectivity index (χ2v) is 4.17. The summed E-state index contributed by atoms with van der Waals surface area (Å²) >= 11 is 0. The van der Waals surface area contributed by atoms with Gasteiger partial charge in [0, 0.05) is 19.3 Å². The van der Waals surface area contributed by atoms with Crippen LogP contribution >= 0.6 is 0 Å². The summed E-state index contributed by atoms with van der Waals surface area (Å²) in [5.74, 6) is 1.04. The molecule has 3 heterocycles. The first-order valence-electron chi connectivity index (χ1n) is 5.54. The standard InChI is InChI=1S/C12H14N4/c1-9-3-6-16(7-4-9)12-10-2-5-13-11(10)14-8-15-12/h2,5,8H,1,3-4,6-7H2,(H,13,14,15). The second-order valence-electron chi connectivity index (χ2n) is 4.17. The van der Waals surface area contributed by atoms with Gasteiger partial charge in [-0.25, -0.2) is 9.97 Å². The Kier molecular flexibility index (Phi) is 2.13. The maximum Gasteiger partial charge on any atom is 0.142 e. The van der Waals surface area contributed by atoms with E-state index in [1.807, 2.05) is 12.3 Å². The molecule has 1 aliphatic heterocycles. The van der Waals surface area contributed by atoms with Gasteiger partial charge in [-0.2, -0.15) is 0 Å².